The molecular formula is C20H25ClN2O. The number of anilines is 1. The molecule has 1 saturated heterocycles. The Morgan fingerprint density at radius 3 is 2.42 bits per heavy atom. The molecule has 128 valence electrons. The average molecular weight is 345 g/mol. The molecule has 0 atom stereocenters. The third-order valence-electron chi connectivity index (χ3n) is 4.66. The Balaban J connectivity index is 1.47. The van der Waals surface area contributed by atoms with E-state index in [1.165, 1.54) is 16.8 Å². The van der Waals surface area contributed by atoms with Crippen molar-refractivity contribution >= 4 is 17.3 Å². The number of nitrogens with zero attached hydrogens (tertiary/aromatic N) is 1. The summed E-state index contributed by atoms with van der Waals surface area (Å²) in [6.07, 6.45) is 3.01. The molecule has 2 N–H and O–H groups in total. The maximum absolute atomic E-state index is 8.97. The fourth-order valence-corrected chi connectivity index (χ4v) is 3.43. The number of benzene rings is 2. The topological polar surface area (TPSA) is 35.5 Å². The molecule has 2 aromatic rings. The highest BCUT2D eigenvalue weighted by Gasteiger charge is 2.19. The average Bonchev–Trinajstić information content (AvgIpc) is 2.61. The van der Waals surface area contributed by atoms with E-state index in [9.17, 15) is 0 Å². The van der Waals surface area contributed by atoms with Gasteiger partial charge in [-0.05, 0) is 48.6 Å². The first-order valence-electron chi connectivity index (χ1n) is 8.66. The van der Waals surface area contributed by atoms with Crippen molar-refractivity contribution in [1.29, 1.82) is 0 Å². The summed E-state index contributed by atoms with van der Waals surface area (Å²) in [4.78, 5) is 2.48. The van der Waals surface area contributed by atoms with Crippen LogP contribution >= 0.6 is 11.6 Å². The summed E-state index contributed by atoms with van der Waals surface area (Å²) < 4.78 is 0. The van der Waals surface area contributed by atoms with Crippen molar-refractivity contribution in [3.63, 3.8) is 0 Å². The quantitative estimate of drug-likeness (QED) is 0.832. The summed E-state index contributed by atoms with van der Waals surface area (Å²) in [5.41, 5.74) is 3.56. The van der Waals surface area contributed by atoms with E-state index in [1.54, 1.807) is 0 Å². The van der Waals surface area contributed by atoms with Crippen molar-refractivity contribution < 1.29 is 5.11 Å². The van der Waals surface area contributed by atoms with Crippen LogP contribution in [0.4, 0.5) is 5.69 Å². The molecule has 0 bridgehead atoms. The fraction of sp³-hybridized carbons (Fsp3) is 0.400. The maximum atomic E-state index is 8.97. The van der Waals surface area contributed by atoms with Crippen LogP contribution in [0.1, 0.15) is 24.0 Å². The number of aliphatic hydroxyl groups is 1. The van der Waals surface area contributed by atoms with E-state index in [0.29, 0.717) is 6.04 Å². The van der Waals surface area contributed by atoms with Gasteiger partial charge in [0.25, 0.3) is 0 Å². The van der Waals surface area contributed by atoms with Gasteiger partial charge in [-0.25, -0.2) is 0 Å². The van der Waals surface area contributed by atoms with Gasteiger partial charge in [0.05, 0.1) is 0 Å². The van der Waals surface area contributed by atoms with Gasteiger partial charge in [0.1, 0.15) is 0 Å². The fourth-order valence-electron chi connectivity index (χ4n) is 3.24. The van der Waals surface area contributed by atoms with E-state index >= 15 is 0 Å². The predicted molar refractivity (Wildman–Crippen MR) is 101 cm³/mol. The van der Waals surface area contributed by atoms with Gasteiger partial charge in [-0.3, -0.25) is 4.90 Å². The zero-order chi connectivity index (χ0) is 16.8. The van der Waals surface area contributed by atoms with Crippen LogP contribution in [0.25, 0.3) is 0 Å². The number of piperidine rings is 1. The van der Waals surface area contributed by atoms with Crippen molar-refractivity contribution in [1.82, 2.24) is 4.90 Å². The van der Waals surface area contributed by atoms with Gasteiger partial charge in [0, 0.05) is 43.0 Å². The minimum absolute atomic E-state index is 0.205. The smallest absolute Gasteiger partial charge is 0.0471 e. The standard InChI is InChI=1S/C20H25ClN2O/c21-20-4-2-1-3-17(20)15-23-12-9-19(10-13-23)22-18-7-5-16(6-8-18)11-14-24/h1-8,19,22,24H,9-15H2. The Bertz CT molecular complexity index is 636. The van der Waals surface area contributed by atoms with Gasteiger partial charge in [0.2, 0.25) is 0 Å². The molecule has 3 nitrogen and oxygen atoms in total. The molecule has 0 saturated carbocycles. The molecule has 0 radical (unpaired) electrons. The molecular weight excluding hydrogens is 320 g/mol. The number of hydrogen-bond acceptors (Lipinski definition) is 3. The second kappa shape index (κ2) is 8.52. The van der Waals surface area contributed by atoms with Crippen LogP contribution < -0.4 is 5.32 Å². The normalized spacial score (nSPS) is 16.2. The predicted octanol–water partition coefficient (Wildman–Crippen LogP) is 3.95. The molecule has 0 aliphatic carbocycles. The van der Waals surface area contributed by atoms with Crippen LogP contribution in [0.3, 0.4) is 0 Å². The van der Waals surface area contributed by atoms with E-state index in [0.717, 1.165) is 43.9 Å². The largest absolute Gasteiger partial charge is 0.396 e. The van der Waals surface area contributed by atoms with Crippen LogP contribution in [0.2, 0.25) is 5.02 Å². The number of likely N-dealkylation sites (tertiary alicyclic amines) is 1. The summed E-state index contributed by atoms with van der Waals surface area (Å²) >= 11 is 6.26. The Morgan fingerprint density at radius 1 is 1.04 bits per heavy atom. The van der Waals surface area contributed by atoms with Crippen LogP contribution in [0.5, 0.6) is 0 Å². The summed E-state index contributed by atoms with van der Waals surface area (Å²) in [6.45, 7) is 3.32. The molecule has 0 aromatic heterocycles. The highest BCUT2D eigenvalue weighted by atomic mass is 35.5. The molecule has 1 fully saturated rings. The molecule has 4 heteroatoms. The van der Waals surface area contributed by atoms with Crippen molar-refractivity contribution in [3.8, 4) is 0 Å². The third kappa shape index (κ3) is 4.73. The minimum atomic E-state index is 0.205. The molecule has 24 heavy (non-hydrogen) atoms. The second-order valence-corrected chi connectivity index (χ2v) is 6.86. The molecule has 3 rings (SSSR count). The lowest BCUT2D eigenvalue weighted by molar-refractivity contribution is 0.211. The first-order chi connectivity index (χ1) is 11.7. The van der Waals surface area contributed by atoms with Gasteiger partial charge < -0.3 is 10.4 Å². The van der Waals surface area contributed by atoms with E-state index in [4.69, 9.17) is 16.7 Å². The van der Waals surface area contributed by atoms with Crippen molar-refractivity contribution in [2.75, 3.05) is 25.0 Å². The summed E-state index contributed by atoms with van der Waals surface area (Å²) in [5.74, 6) is 0. The van der Waals surface area contributed by atoms with Gasteiger partial charge in [-0.2, -0.15) is 0 Å². The Labute approximate surface area is 149 Å². The van der Waals surface area contributed by atoms with Crippen LogP contribution in [0.15, 0.2) is 48.5 Å². The second-order valence-electron chi connectivity index (χ2n) is 6.46. The van der Waals surface area contributed by atoms with Gasteiger partial charge in [-0.15, -0.1) is 0 Å². The Hall–Kier alpha value is -1.55. The SMILES string of the molecule is OCCc1ccc(NC2CCN(Cc3ccccc3Cl)CC2)cc1. The molecule has 2 aromatic carbocycles. The van der Waals surface area contributed by atoms with Crippen molar-refractivity contribution in [2.24, 2.45) is 0 Å². The number of halogens is 1. The van der Waals surface area contributed by atoms with E-state index in [2.05, 4.69) is 46.6 Å². The van der Waals surface area contributed by atoms with Crippen LogP contribution in [-0.2, 0) is 13.0 Å². The van der Waals surface area contributed by atoms with Crippen molar-refractivity contribution in [2.45, 2.75) is 31.8 Å². The molecule has 1 aliphatic heterocycles. The molecule has 0 unspecified atom stereocenters. The molecule has 0 spiro atoms. The van der Waals surface area contributed by atoms with E-state index in [-0.39, 0.29) is 6.61 Å². The highest BCUT2D eigenvalue weighted by molar-refractivity contribution is 6.31. The zero-order valence-corrected chi connectivity index (χ0v) is 14.7. The third-order valence-corrected chi connectivity index (χ3v) is 5.03. The number of nitrogens with one attached hydrogen (secondary N) is 1. The van der Waals surface area contributed by atoms with Gasteiger partial charge in [-0.1, -0.05) is 41.9 Å². The Morgan fingerprint density at radius 2 is 1.75 bits per heavy atom. The maximum Gasteiger partial charge on any atom is 0.0471 e. The first-order valence-corrected chi connectivity index (χ1v) is 9.04. The summed E-state index contributed by atoms with van der Waals surface area (Å²) in [5, 5.41) is 13.5. The van der Waals surface area contributed by atoms with E-state index in [1.807, 2.05) is 12.1 Å². The van der Waals surface area contributed by atoms with Crippen LogP contribution in [-0.4, -0.2) is 35.7 Å². The zero-order valence-electron chi connectivity index (χ0n) is 13.9. The van der Waals surface area contributed by atoms with Crippen molar-refractivity contribution in [3.05, 3.63) is 64.7 Å². The summed E-state index contributed by atoms with van der Waals surface area (Å²) in [7, 11) is 0. The van der Waals surface area contributed by atoms with Crippen LogP contribution in [0, 0.1) is 0 Å². The number of aliphatic hydroxyl groups excluding tert-OH is 1. The van der Waals surface area contributed by atoms with Gasteiger partial charge in [0.15, 0.2) is 0 Å². The monoisotopic (exact) mass is 344 g/mol. The molecule has 1 heterocycles. The lowest BCUT2D eigenvalue weighted by atomic mass is 10.0. The lowest BCUT2D eigenvalue weighted by Crippen LogP contribution is -2.38. The summed E-state index contributed by atoms with van der Waals surface area (Å²) in [6, 6.07) is 17.0. The van der Waals surface area contributed by atoms with Gasteiger partial charge >= 0.3 is 0 Å². The molecule has 0 amide bonds. The minimum Gasteiger partial charge on any atom is -0.396 e. The first kappa shape index (κ1) is 17.3. The van der Waals surface area contributed by atoms with E-state index < -0.39 is 0 Å². The molecule has 1 aliphatic rings. The number of hydrogen-bond donors (Lipinski definition) is 2. The highest BCUT2D eigenvalue weighted by Crippen LogP contribution is 2.21. The lowest BCUT2D eigenvalue weighted by Gasteiger charge is -2.33. The number of rotatable bonds is 6. The Kier molecular flexibility index (Phi) is 6.13.